The molecule has 2 amide bonds. The molecule has 0 saturated heterocycles. The molecule has 0 saturated carbocycles. The fraction of sp³-hybridized carbons (Fsp3) is 0.564. The Morgan fingerprint density at radius 1 is 0.770 bits per heavy atom. The van der Waals surface area contributed by atoms with E-state index in [1.807, 2.05) is 36.4 Å². The molecule has 340 valence electrons. The maximum Gasteiger partial charge on any atom is 0.280 e. The molecule has 0 fully saturated rings. The molecule has 1 aromatic heterocycles. The highest BCUT2D eigenvalue weighted by atomic mass is 35.5. The Labute approximate surface area is 358 Å². The quantitative estimate of drug-likeness (QED) is 0.0200. The number of aryl methyl sites for hydroxylation is 2. The standard InChI is InChI=1S/C39H61ClN10O11/c40-34-36(42)48-35(41)31(47-34)38(61)49-39(44)46-13-4-3-6-21-9-10-22(25-8-2-1-7-24(21)25)11-12-26(37(43)60)45-14-5-15-50(17-23(53)16-27(54)29(56)19-51)18-28(55)32(58)33(59)30(57)20-52/h1-2,7-10,23,26-30,32-33,45,51-59H,3-6,11-20H2,(H2,43,60)(H4,41,42,48)(H3,44,46,49,61)/t23-,26+,27+,28+,29-,30-,32-,33-/m1/s1. The number of hydrogen-bond acceptors (Lipinski definition) is 18. The minimum Gasteiger partial charge on any atom is -0.394 e. The Balaban J connectivity index is 1.56. The zero-order valence-electron chi connectivity index (χ0n) is 33.8. The zero-order valence-corrected chi connectivity index (χ0v) is 34.6. The van der Waals surface area contributed by atoms with Gasteiger partial charge in [-0.3, -0.25) is 24.8 Å². The maximum atomic E-state index is 12.5. The van der Waals surface area contributed by atoms with Gasteiger partial charge in [0.25, 0.3) is 5.91 Å². The largest absolute Gasteiger partial charge is 0.394 e. The van der Waals surface area contributed by atoms with Crippen molar-refractivity contribution in [1.29, 1.82) is 0 Å². The van der Waals surface area contributed by atoms with Gasteiger partial charge in [0.15, 0.2) is 28.4 Å². The summed E-state index contributed by atoms with van der Waals surface area (Å²) >= 11 is 5.85. The molecule has 0 spiro atoms. The molecule has 21 nitrogen and oxygen atoms in total. The van der Waals surface area contributed by atoms with Gasteiger partial charge in [0.05, 0.1) is 37.6 Å². The molecule has 3 rings (SSSR count). The first-order chi connectivity index (χ1) is 29.0. The number of carbonyl (C=O) groups is 2. The third-order valence-electron chi connectivity index (χ3n) is 10.1. The molecule has 0 radical (unpaired) electrons. The van der Waals surface area contributed by atoms with Crippen molar-refractivity contribution in [3.8, 4) is 0 Å². The van der Waals surface area contributed by atoms with Gasteiger partial charge in [0, 0.05) is 26.1 Å². The van der Waals surface area contributed by atoms with E-state index in [4.69, 9.17) is 44.7 Å². The number of aliphatic imine (C=N–C) groups is 1. The summed E-state index contributed by atoms with van der Waals surface area (Å²) in [7, 11) is 0. The average molecular weight is 881 g/mol. The van der Waals surface area contributed by atoms with E-state index >= 15 is 0 Å². The fourth-order valence-corrected chi connectivity index (χ4v) is 6.78. The van der Waals surface area contributed by atoms with Crippen LogP contribution in [0.15, 0.2) is 41.4 Å². The van der Waals surface area contributed by atoms with Crippen LogP contribution in [0.3, 0.4) is 0 Å². The number of primary amides is 1. The Morgan fingerprint density at radius 2 is 1.39 bits per heavy atom. The summed E-state index contributed by atoms with van der Waals surface area (Å²) in [6.07, 6.45) is -8.07. The smallest absolute Gasteiger partial charge is 0.280 e. The first kappa shape index (κ1) is 51.0. The lowest BCUT2D eigenvalue weighted by Crippen LogP contribution is -2.51. The number of carbonyl (C=O) groups excluding carboxylic acids is 2. The number of halogens is 1. The molecule has 8 atom stereocenters. The van der Waals surface area contributed by atoms with E-state index in [0.29, 0.717) is 32.2 Å². The van der Waals surface area contributed by atoms with Crippen molar-refractivity contribution in [2.75, 3.05) is 57.4 Å². The van der Waals surface area contributed by atoms with E-state index in [2.05, 4.69) is 25.6 Å². The van der Waals surface area contributed by atoms with Gasteiger partial charge in [-0.15, -0.1) is 0 Å². The number of nitrogens with two attached hydrogens (primary N) is 4. The normalized spacial score (nSPS) is 16.1. The number of benzene rings is 2. The molecule has 0 unspecified atom stereocenters. The van der Waals surface area contributed by atoms with Crippen LogP contribution in [0, 0.1) is 0 Å². The Morgan fingerprint density at radius 3 is 2.02 bits per heavy atom. The van der Waals surface area contributed by atoms with Crippen molar-refractivity contribution in [1.82, 2.24) is 25.5 Å². The summed E-state index contributed by atoms with van der Waals surface area (Å²) in [4.78, 5) is 38.3. The fourth-order valence-electron chi connectivity index (χ4n) is 6.66. The Hall–Kier alpha value is -4.36. The van der Waals surface area contributed by atoms with Crippen LogP contribution in [0.4, 0.5) is 11.6 Å². The van der Waals surface area contributed by atoms with Gasteiger partial charge in [-0.05, 0) is 73.5 Å². The van der Waals surface area contributed by atoms with Crippen molar-refractivity contribution in [3.63, 3.8) is 0 Å². The van der Waals surface area contributed by atoms with E-state index < -0.39 is 73.8 Å². The van der Waals surface area contributed by atoms with E-state index in [0.717, 1.165) is 34.7 Å². The number of nitrogen functional groups attached to an aromatic ring is 2. The molecule has 3 aromatic rings. The molecule has 1 heterocycles. The molecule has 0 aliphatic rings. The number of guanidine groups is 1. The minimum absolute atomic E-state index is 0.105. The lowest BCUT2D eigenvalue weighted by Gasteiger charge is -2.32. The number of aliphatic hydroxyl groups excluding tert-OH is 9. The van der Waals surface area contributed by atoms with Crippen LogP contribution in [-0.2, 0) is 17.6 Å². The molecule has 2 aromatic carbocycles. The first-order valence-electron chi connectivity index (χ1n) is 19.9. The number of aliphatic hydroxyl groups is 9. The minimum atomic E-state index is -1.86. The molecule has 0 aliphatic carbocycles. The Bertz CT molecular complexity index is 1880. The van der Waals surface area contributed by atoms with Gasteiger partial charge in [-0.2, -0.15) is 0 Å². The predicted molar refractivity (Wildman–Crippen MR) is 228 cm³/mol. The molecule has 0 aliphatic heterocycles. The summed E-state index contributed by atoms with van der Waals surface area (Å²) in [6, 6.07) is 11.3. The highest BCUT2D eigenvalue weighted by molar-refractivity contribution is 6.31. The number of anilines is 2. The summed E-state index contributed by atoms with van der Waals surface area (Å²) in [6.45, 7) is -1.23. The number of aromatic nitrogens is 2. The average Bonchev–Trinajstić information content (AvgIpc) is 3.23. The maximum absolute atomic E-state index is 12.5. The molecule has 19 N–H and O–H groups in total. The van der Waals surface area contributed by atoms with Crippen LogP contribution in [0.5, 0.6) is 0 Å². The monoisotopic (exact) mass is 880 g/mol. The van der Waals surface area contributed by atoms with Gasteiger partial charge in [-0.25, -0.2) is 9.97 Å². The summed E-state index contributed by atoms with van der Waals surface area (Å²) in [5, 5.41) is 96.8. The zero-order chi connectivity index (χ0) is 45.2. The van der Waals surface area contributed by atoms with Crippen LogP contribution in [-0.4, -0.2) is 173 Å². The van der Waals surface area contributed by atoms with Crippen LogP contribution in [0.2, 0.25) is 5.15 Å². The number of nitrogens with one attached hydrogen (secondary N) is 2. The lowest BCUT2D eigenvalue weighted by atomic mass is 9.93. The lowest BCUT2D eigenvalue weighted by molar-refractivity contribution is -0.121. The molecule has 0 bridgehead atoms. The number of fused-ring (bicyclic) bond motifs is 1. The second-order valence-corrected chi connectivity index (χ2v) is 15.2. The second kappa shape index (κ2) is 25.5. The van der Waals surface area contributed by atoms with Crippen molar-refractivity contribution < 1.29 is 55.5 Å². The van der Waals surface area contributed by atoms with E-state index in [-0.39, 0.29) is 61.0 Å². The third kappa shape index (κ3) is 16.1. The van der Waals surface area contributed by atoms with Gasteiger partial charge in [0.2, 0.25) is 5.91 Å². The highest BCUT2D eigenvalue weighted by Gasteiger charge is 2.32. The molecular weight excluding hydrogens is 820 g/mol. The van der Waals surface area contributed by atoms with E-state index in [1.54, 1.807) is 0 Å². The van der Waals surface area contributed by atoms with Crippen molar-refractivity contribution in [2.24, 2.45) is 16.5 Å². The number of unbranched alkanes of at least 4 members (excludes halogenated alkanes) is 1. The van der Waals surface area contributed by atoms with Crippen LogP contribution in [0.1, 0.15) is 53.7 Å². The van der Waals surface area contributed by atoms with Crippen molar-refractivity contribution in [2.45, 2.75) is 93.7 Å². The summed E-state index contributed by atoms with van der Waals surface area (Å²) < 4.78 is 0. The van der Waals surface area contributed by atoms with E-state index in [1.165, 1.54) is 4.90 Å². The Kier molecular flexibility index (Phi) is 21.4. The van der Waals surface area contributed by atoms with Gasteiger partial charge < -0.3 is 74.2 Å². The summed E-state index contributed by atoms with van der Waals surface area (Å²) in [5.74, 6) is -1.71. The first-order valence-corrected chi connectivity index (χ1v) is 20.3. The number of amides is 2. The predicted octanol–water partition coefficient (Wildman–Crippen LogP) is -3.52. The third-order valence-corrected chi connectivity index (χ3v) is 10.4. The van der Waals surface area contributed by atoms with Crippen LogP contribution in [0.25, 0.3) is 10.8 Å². The van der Waals surface area contributed by atoms with E-state index in [9.17, 15) is 45.3 Å². The van der Waals surface area contributed by atoms with Gasteiger partial charge >= 0.3 is 0 Å². The molecular formula is C39H61ClN10O11. The SMILES string of the molecule is NC(=O)[C@H](CCc1ccc(CCCCN=C(N)NC(=O)c2nc(Cl)c(N)nc2N)c2ccccc12)NCCCN(C[C@H](O)C[C@H](O)[C@H](O)CO)C[C@H](O)[C@@H](O)[C@H](O)[C@H](O)CO. The molecule has 61 heavy (non-hydrogen) atoms. The van der Waals surface area contributed by atoms with Crippen LogP contribution < -0.4 is 33.6 Å². The van der Waals surface area contributed by atoms with Gasteiger partial charge in [0.1, 0.15) is 24.4 Å². The summed E-state index contributed by atoms with van der Waals surface area (Å²) in [5.41, 5.74) is 24.8. The van der Waals surface area contributed by atoms with Crippen molar-refractivity contribution in [3.05, 3.63) is 58.4 Å². The van der Waals surface area contributed by atoms with Crippen molar-refractivity contribution >= 4 is 51.8 Å². The highest BCUT2D eigenvalue weighted by Crippen LogP contribution is 2.26. The molecule has 22 heteroatoms. The number of nitrogens with zero attached hydrogens (tertiary/aromatic N) is 4. The number of hydrogen-bond donors (Lipinski definition) is 15. The second-order valence-electron chi connectivity index (χ2n) is 14.8. The van der Waals surface area contributed by atoms with Crippen LogP contribution >= 0.6 is 11.6 Å². The van der Waals surface area contributed by atoms with Gasteiger partial charge in [-0.1, -0.05) is 48.0 Å². The number of rotatable bonds is 27. The topological polar surface area (TPSA) is 386 Å².